The molecule has 78 valence electrons. The topological polar surface area (TPSA) is 41.6 Å². The average molecular weight is 193 g/mol. The van der Waals surface area contributed by atoms with Crippen molar-refractivity contribution in [3.8, 4) is 0 Å². The number of piperidine rings is 1. The third-order valence-corrected chi connectivity index (χ3v) is 2.95. The van der Waals surface area contributed by atoms with E-state index >= 15 is 0 Å². The van der Waals surface area contributed by atoms with Gasteiger partial charge in [0, 0.05) is 37.6 Å². The van der Waals surface area contributed by atoms with Crippen molar-refractivity contribution in [2.75, 3.05) is 19.6 Å². The first kappa shape index (κ1) is 9.87. The van der Waals surface area contributed by atoms with Crippen molar-refractivity contribution < 1.29 is 0 Å². The molecule has 0 unspecified atom stereocenters. The minimum Gasteiger partial charge on any atom is -0.328 e. The van der Waals surface area contributed by atoms with E-state index in [9.17, 15) is 0 Å². The third kappa shape index (κ3) is 2.66. The summed E-state index contributed by atoms with van der Waals surface area (Å²) in [5, 5.41) is 0. The highest BCUT2D eigenvalue weighted by Crippen LogP contribution is 2.13. The van der Waals surface area contributed by atoms with Gasteiger partial charge in [0.15, 0.2) is 0 Å². The summed E-state index contributed by atoms with van der Waals surface area (Å²) in [4.78, 5) is 6.86. The molecule has 0 aliphatic carbocycles. The van der Waals surface area contributed by atoms with E-state index in [1.54, 1.807) is 0 Å². The van der Waals surface area contributed by atoms with Crippen molar-refractivity contribution in [1.82, 2.24) is 4.90 Å². The van der Waals surface area contributed by atoms with E-state index in [1.807, 2.05) is 6.21 Å². The van der Waals surface area contributed by atoms with Crippen LogP contribution in [0.25, 0.3) is 0 Å². The Morgan fingerprint density at radius 2 is 2.14 bits per heavy atom. The van der Waals surface area contributed by atoms with Crippen molar-refractivity contribution >= 4 is 6.21 Å². The summed E-state index contributed by atoms with van der Waals surface area (Å²) in [6.07, 6.45) is 8.83. The van der Waals surface area contributed by atoms with E-state index in [2.05, 4.69) is 16.0 Å². The van der Waals surface area contributed by atoms with Gasteiger partial charge in [0.25, 0.3) is 0 Å². The summed E-state index contributed by atoms with van der Waals surface area (Å²) < 4.78 is 0. The smallest absolute Gasteiger partial charge is 0.0500 e. The van der Waals surface area contributed by atoms with Gasteiger partial charge in [-0.05, 0) is 25.7 Å². The quantitative estimate of drug-likeness (QED) is 0.715. The molecule has 2 N–H and O–H groups in total. The van der Waals surface area contributed by atoms with Crippen LogP contribution in [0.1, 0.15) is 25.7 Å². The maximum Gasteiger partial charge on any atom is 0.0500 e. The van der Waals surface area contributed by atoms with E-state index in [0.29, 0.717) is 6.04 Å². The van der Waals surface area contributed by atoms with Gasteiger partial charge in [0.05, 0.1) is 0 Å². The Morgan fingerprint density at radius 3 is 2.79 bits per heavy atom. The second-order valence-corrected chi connectivity index (χ2v) is 4.20. The van der Waals surface area contributed by atoms with Crippen LogP contribution in [0.4, 0.5) is 0 Å². The number of hydrogen-bond acceptors (Lipinski definition) is 3. The highest BCUT2D eigenvalue weighted by atomic mass is 15.1. The molecule has 2 aliphatic rings. The highest BCUT2D eigenvalue weighted by molar-refractivity contribution is 5.60. The summed E-state index contributed by atoms with van der Waals surface area (Å²) >= 11 is 0. The predicted molar refractivity (Wildman–Crippen MR) is 59.5 cm³/mol. The van der Waals surface area contributed by atoms with Gasteiger partial charge < -0.3 is 5.73 Å². The minimum absolute atomic E-state index is 0.426. The zero-order chi connectivity index (χ0) is 9.80. The average Bonchev–Trinajstić information content (AvgIpc) is 2.23. The molecule has 0 aromatic rings. The van der Waals surface area contributed by atoms with Crippen molar-refractivity contribution in [3.05, 3.63) is 11.8 Å². The van der Waals surface area contributed by atoms with E-state index in [4.69, 9.17) is 5.73 Å². The molecule has 3 nitrogen and oxygen atoms in total. The van der Waals surface area contributed by atoms with E-state index in [-0.39, 0.29) is 0 Å². The molecule has 0 aromatic carbocycles. The number of nitrogens with zero attached hydrogens (tertiary/aromatic N) is 2. The molecule has 0 aromatic heterocycles. The predicted octanol–water partition coefficient (Wildman–Crippen LogP) is 1.16. The van der Waals surface area contributed by atoms with Crippen LogP contribution in [0.3, 0.4) is 0 Å². The van der Waals surface area contributed by atoms with Gasteiger partial charge in [-0.2, -0.15) is 0 Å². The van der Waals surface area contributed by atoms with Crippen LogP contribution in [0.15, 0.2) is 16.8 Å². The van der Waals surface area contributed by atoms with Gasteiger partial charge in [0.2, 0.25) is 0 Å². The lowest BCUT2D eigenvalue weighted by atomic mass is 10.1. The molecule has 1 fully saturated rings. The van der Waals surface area contributed by atoms with Crippen LogP contribution in [-0.4, -0.2) is 36.8 Å². The van der Waals surface area contributed by atoms with Gasteiger partial charge in [-0.3, -0.25) is 9.89 Å². The van der Waals surface area contributed by atoms with Crippen molar-refractivity contribution in [3.63, 3.8) is 0 Å². The Bertz CT molecular complexity index is 237. The maximum atomic E-state index is 5.86. The van der Waals surface area contributed by atoms with Gasteiger partial charge in [-0.1, -0.05) is 6.08 Å². The molecule has 0 spiro atoms. The molecule has 3 heteroatoms. The summed E-state index contributed by atoms with van der Waals surface area (Å²) in [5.41, 5.74) is 7.10. The molecular formula is C11H19N3. The normalized spacial score (nSPS) is 25.1. The van der Waals surface area contributed by atoms with Crippen molar-refractivity contribution in [1.29, 1.82) is 0 Å². The monoisotopic (exact) mass is 193 g/mol. The minimum atomic E-state index is 0.426. The van der Waals surface area contributed by atoms with Gasteiger partial charge in [0.1, 0.15) is 0 Å². The van der Waals surface area contributed by atoms with E-state index in [1.165, 1.54) is 5.70 Å². The summed E-state index contributed by atoms with van der Waals surface area (Å²) in [6.45, 7) is 3.28. The second kappa shape index (κ2) is 4.71. The van der Waals surface area contributed by atoms with Crippen LogP contribution >= 0.6 is 0 Å². The number of likely N-dealkylation sites (tertiary alicyclic amines) is 1. The Hall–Kier alpha value is -0.670. The zero-order valence-corrected chi connectivity index (χ0v) is 8.65. The summed E-state index contributed by atoms with van der Waals surface area (Å²) in [7, 11) is 0. The fourth-order valence-electron chi connectivity index (χ4n) is 2.00. The molecule has 14 heavy (non-hydrogen) atoms. The van der Waals surface area contributed by atoms with E-state index in [0.717, 1.165) is 45.3 Å². The molecule has 0 atom stereocenters. The fraction of sp³-hybridized carbons (Fsp3) is 0.727. The maximum absolute atomic E-state index is 5.86. The summed E-state index contributed by atoms with van der Waals surface area (Å²) in [5.74, 6) is 0. The number of allylic oxidation sites excluding steroid dienone is 1. The Kier molecular flexibility index (Phi) is 3.32. The first-order valence-corrected chi connectivity index (χ1v) is 5.54. The van der Waals surface area contributed by atoms with Crippen LogP contribution in [0, 0.1) is 0 Å². The lowest BCUT2D eigenvalue weighted by molar-refractivity contribution is 0.228. The molecule has 2 rings (SSSR count). The van der Waals surface area contributed by atoms with Crippen LogP contribution in [0.5, 0.6) is 0 Å². The lowest BCUT2D eigenvalue weighted by Gasteiger charge is -2.30. The molecule has 2 heterocycles. The highest BCUT2D eigenvalue weighted by Gasteiger charge is 2.16. The summed E-state index contributed by atoms with van der Waals surface area (Å²) in [6, 6.07) is 0.426. The molecule has 0 radical (unpaired) electrons. The molecule has 0 bridgehead atoms. The van der Waals surface area contributed by atoms with Crippen molar-refractivity contribution in [2.24, 2.45) is 10.7 Å². The Balaban J connectivity index is 1.80. The Morgan fingerprint density at radius 1 is 1.36 bits per heavy atom. The molecule has 1 saturated heterocycles. The number of hydrogen-bond donors (Lipinski definition) is 1. The standard InChI is InChI=1S/C11H19N3/c12-10-4-7-14(8-5-10)9-11-3-1-2-6-13-11/h3,6,10H,1-2,4-5,7-9,12H2. The van der Waals surface area contributed by atoms with E-state index < -0.39 is 0 Å². The SMILES string of the molecule is NC1CCN(CC2=CCCC=N2)CC1. The fourth-order valence-corrected chi connectivity index (χ4v) is 2.00. The van der Waals surface area contributed by atoms with Gasteiger partial charge in [-0.15, -0.1) is 0 Å². The van der Waals surface area contributed by atoms with Gasteiger partial charge >= 0.3 is 0 Å². The van der Waals surface area contributed by atoms with Crippen molar-refractivity contribution in [2.45, 2.75) is 31.7 Å². The van der Waals surface area contributed by atoms with Crippen LogP contribution in [0.2, 0.25) is 0 Å². The number of aliphatic imine (C=N–C) groups is 1. The van der Waals surface area contributed by atoms with Gasteiger partial charge in [-0.25, -0.2) is 0 Å². The molecule has 0 amide bonds. The largest absolute Gasteiger partial charge is 0.328 e. The Labute approximate surface area is 85.7 Å². The first-order chi connectivity index (χ1) is 6.84. The number of nitrogens with two attached hydrogens (primary N) is 1. The zero-order valence-electron chi connectivity index (χ0n) is 8.65. The first-order valence-electron chi connectivity index (χ1n) is 5.54. The number of rotatable bonds is 2. The molecule has 0 saturated carbocycles. The second-order valence-electron chi connectivity index (χ2n) is 4.20. The molecular weight excluding hydrogens is 174 g/mol. The molecule has 2 aliphatic heterocycles. The van der Waals surface area contributed by atoms with Crippen LogP contribution < -0.4 is 5.73 Å². The van der Waals surface area contributed by atoms with Crippen LogP contribution in [-0.2, 0) is 0 Å². The third-order valence-electron chi connectivity index (χ3n) is 2.95. The lowest BCUT2D eigenvalue weighted by Crippen LogP contribution is -2.40.